The fraction of sp³-hybridized carbons (Fsp3) is 0.652. The monoisotopic (exact) mass is 844 g/mol. The van der Waals surface area contributed by atoms with Gasteiger partial charge in [0.15, 0.2) is 0 Å². The maximum atomic E-state index is 11.9. The minimum absolute atomic E-state index is 0. The SMILES string of the molecule is CCCCCCCCCCCCCCCC(=O)Nc1ccc(C(=O)O)c([O-])c1.CCCCCCCCCCCCCCCC(=O)Nc1ccc(C(=O)O)c([O-])c1.[Zn+2]. The fourth-order valence-electron chi connectivity index (χ4n) is 6.61. The number of benzene rings is 2. The second-order valence-corrected chi connectivity index (χ2v) is 15.1. The number of carbonyl (C=O) groups excluding carboxylic acids is 2. The third-order valence-electron chi connectivity index (χ3n) is 10.0. The van der Waals surface area contributed by atoms with Crippen LogP contribution in [0, 0.1) is 0 Å². The first-order valence-electron chi connectivity index (χ1n) is 21.8. The van der Waals surface area contributed by atoms with Crippen LogP contribution >= 0.6 is 0 Å². The number of aromatic carboxylic acids is 2. The topological polar surface area (TPSA) is 179 Å². The molecule has 2 aromatic rings. The maximum absolute atomic E-state index is 11.9. The molecule has 0 radical (unpaired) electrons. The summed E-state index contributed by atoms with van der Waals surface area (Å²) in [6.07, 6.45) is 33.6. The Labute approximate surface area is 356 Å². The van der Waals surface area contributed by atoms with Crippen molar-refractivity contribution < 1.29 is 59.1 Å². The van der Waals surface area contributed by atoms with Crippen LogP contribution in [0.25, 0.3) is 0 Å². The molecule has 0 aliphatic heterocycles. The zero-order valence-electron chi connectivity index (χ0n) is 35.3. The molecular formula is C46H72N2O8Zn. The molecule has 0 spiro atoms. The van der Waals surface area contributed by atoms with Crippen molar-refractivity contribution in [2.75, 3.05) is 10.6 Å². The van der Waals surface area contributed by atoms with E-state index in [0.717, 1.165) is 50.7 Å². The zero-order valence-corrected chi connectivity index (χ0v) is 38.3. The van der Waals surface area contributed by atoms with Crippen molar-refractivity contribution >= 4 is 35.1 Å². The van der Waals surface area contributed by atoms with Crippen molar-refractivity contribution in [3.05, 3.63) is 47.5 Å². The van der Waals surface area contributed by atoms with Gasteiger partial charge in [-0.1, -0.05) is 179 Å². The van der Waals surface area contributed by atoms with Gasteiger partial charge in [-0.05, 0) is 49.2 Å². The Morgan fingerprint density at radius 2 is 0.684 bits per heavy atom. The zero-order chi connectivity index (χ0) is 41.2. The van der Waals surface area contributed by atoms with Crippen LogP contribution in [0.1, 0.15) is 214 Å². The van der Waals surface area contributed by atoms with Crippen LogP contribution < -0.4 is 20.8 Å². The van der Waals surface area contributed by atoms with Crippen LogP contribution in [0.4, 0.5) is 11.4 Å². The van der Waals surface area contributed by atoms with Crippen LogP contribution in [0.15, 0.2) is 36.4 Å². The number of unbranched alkanes of at least 4 members (excludes halogenated alkanes) is 24. The Morgan fingerprint density at radius 3 is 0.912 bits per heavy atom. The van der Waals surface area contributed by atoms with Gasteiger partial charge in [-0.2, -0.15) is 0 Å². The number of amides is 2. The second kappa shape index (κ2) is 35.7. The first-order valence-corrected chi connectivity index (χ1v) is 21.8. The van der Waals surface area contributed by atoms with E-state index in [1.807, 2.05) is 0 Å². The molecule has 316 valence electrons. The molecule has 2 rings (SSSR count). The third kappa shape index (κ3) is 28.6. The maximum Gasteiger partial charge on any atom is 2.00 e. The van der Waals surface area contributed by atoms with Crippen molar-refractivity contribution in [1.29, 1.82) is 0 Å². The Morgan fingerprint density at radius 1 is 0.439 bits per heavy atom. The number of hydrogen-bond acceptors (Lipinski definition) is 6. The molecule has 0 aliphatic carbocycles. The first kappa shape index (κ1) is 53.5. The fourth-order valence-corrected chi connectivity index (χ4v) is 6.61. The Balaban J connectivity index is 0.00000108. The van der Waals surface area contributed by atoms with Crippen LogP contribution in [0.3, 0.4) is 0 Å². The average Bonchev–Trinajstić information content (AvgIpc) is 3.15. The van der Waals surface area contributed by atoms with Gasteiger partial charge in [0, 0.05) is 24.2 Å². The molecule has 0 bridgehead atoms. The van der Waals surface area contributed by atoms with Crippen LogP contribution in [-0.2, 0) is 29.1 Å². The van der Waals surface area contributed by atoms with E-state index in [-0.39, 0.29) is 42.4 Å². The summed E-state index contributed by atoms with van der Waals surface area (Å²) in [5, 5.41) is 46.2. The number of carboxylic acid groups (broad SMARTS) is 2. The normalized spacial score (nSPS) is 10.6. The number of rotatable bonds is 32. The van der Waals surface area contributed by atoms with Gasteiger partial charge in [0.05, 0.1) is 11.1 Å². The Kier molecular flexibility index (Phi) is 33.5. The van der Waals surface area contributed by atoms with E-state index in [0.29, 0.717) is 24.2 Å². The van der Waals surface area contributed by atoms with Crippen molar-refractivity contribution in [2.45, 2.75) is 194 Å². The van der Waals surface area contributed by atoms with Gasteiger partial charge in [0.1, 0.15) is 0 Å². The number of carbonyl (C=O) groups is 4. The van der Waals surface area contributed by atoms with E-state index in [1.165, 1.54) is 153 Å². The van der Waals surface area contributed by atoms with Gasteiger partial charge in [0.25, 0.3) is 0 Å². The van der Waals surface area contributed by atoms with Crippen LogP contribution in [0.5, 0.6) is 11.5 Å². The molecule has 4 N–H and O–H groups in total. The molecule has 10 nitrogen and oxygen atoms in total. The molecule has 0 saturated carbocycles. The van der Waals surface area contributed by atoms with E-state index in [1.54, 1.807) is 0 Å². The summed E-state index contributed by atoms with van der Waals surface area (Å²) in [6.45, 7) is 4.49. The average molecular weight is 846 g/mol. The van der Waals surface area contributed by atoms with Gasteiger partial charge in [0.2, 0.25) is 11.8 Å². The number of carboxylic acids is 2. The minimum Gasteiger partial charge on any atom is -0.872 e. The second-order valence-electron chi connectivity index (χ2n) is 15.1. The molecule has 11 heteroatoms. The van der Waals surface area contributed by atoms with E-state index < -0.39 is 23.4 Å². The minimum atomic E-state index is -1.25. The third-order valence-corrected chi connectivity index (χ3v) is 10.0. The summed E-state index contributed by atoms with van der Waals surface area (Å²) >= 11 is 0. The quantitative estimate of drug-likeness (QED) is 0.0415. The molecule has 0 saturated heterocycles. The van der Waals surface area contributed by atoms with Crippen molar-refractivity contribution in [1.82, 2.24) is 0 Å². The Hall–Kier alpha value is -3.46. The van der Waals surface area contributed by atoms with Gasteiger partial charge >= 0.3 is 31.4 Å². The number of hydrogen-bond donors (Lipinski definition) is 4. The summed E-state index contributed by atoms with van der Waals surface area (Å²) in [7, 11) is 0. The van der Waals surface area contributed by atoms with Gasteiger partial charge in [-0.15, -0.1) is 0 Å². The summed E-state index contributed by atoms with van der Waals surface area (Å²) in [6, 6.07) is 7.67. The molecule has 0 fully saturated rings. The molecule has 0 heterocycles. The van der Waals surface area contributed by atoms with Gasteiger partial charge in [-0.25, -0.2) is 9.59 Å². The van der Waals surface area contributed by atoms with Crippen LogP contribution in [-0.4, -0.2) is 34.0 Å². The number of anilines is 2. The van der Waals surface area contributed by atoms with E-state index in [9.17, 15) is 29.4 Å². The smallest absolute Gasteiger partial charge is 0.872 e. The molecular weight excluding hydrogens is 774 g/mol. The molecule has 2 aromatic carbocycles. The molecule has 0 aliphatic rings. The van der Waals surface area contributed by atoms with Crippen LogP contribution in [0.2, 0.25) is 0 Å². The molecule has 57 heavy (non-hydrogen) atoms. The Bertz CT molecular complexity index is 1280. The summed E-state index contributed by atoms with van der Waals surface area (Å²) in [5.41, 5.74) is 0.147. The predicted molar refractivity (Wildman–Crippen MR) is 224 cm³/mol. The van der Waals surface area contributed by atoms with Crippen molar-refractivity contribution in [3.63, 3.8) is 0 Å². The largest absolute Gasteiger partial charge is 2.00 e. The van der Waals surface area contributed by atoms with Crippen molar-refractivity contribution in [2.24, 2.45) is 0 Å². The van der Waals surface area contributed by atoms with Gasteiger partial charge in [-0.3, -0.25) is 9.59 Å². The van der Waals surface area contributed by atoms with E-state index in [4.69, 9.17) is 10.2 Å². The van der Waals surface area contributed by atoms with Gasteiger partial charge < -0.3 is 31.1 Å². The summed E-state index contributed by atoms with van der Waals surface area (Å²) in [5.74, 6) is -3.96. The molecule has 0 atom stereocenters. The standard InChI is InChI=1S/2C23H37NO4.Zn/c2*1-2-3-4-5-6-7-8-9-10-11-12-13-14-15-22(26)24-19-16-17-20(23(27)28)21(25)18-19;/h2*16-18,25H,2-15H2,1H3,(H,24,26)(H,27,28);/q;;+2/p-2. The number of nitrogens with one attached hydrogen (secondary N) is 2. The van der Waals surface area contributed by atoms with E-state index >= 15 is 0 Å². The molecule has 0 unspecified atom stereocenters. The molecule has 2 amide bonds. The summed E-state index contributed by atoms with van der Waals surface area (Å²) in [4.78, 5) is 45.5. The summed E-state index contributed by atoms with van der Waals surface area (Å²) < 4.78 is 0. The first-order chi connectivity index (χ1) is 27.1. The molecule has 0 aromatic heterocycles. The predicted octanol–water partition coefficient (Wildman–Crippen LogP) is 11.8. The van der Waals surface area contributed by atoms with Crippen molar-refractivity contribution in [3.8, 4) is 11.5 Å². The van der Waals surface area contributed by atoms with E-state index in [2.05, 4.69) is 24.5 Å².